The molecule has 0 aromatic heterocycles. The van der Waals surface area contributed by atoms with Gasteiger partial charge in [0.2, 0.25) is 15.9 Å². The molecule has 0 saturated carbocycles. The number of aliphatic hydroxyl groups is 1. The molecule has 1 N–H and O–H groups in total. The van der Waals surface area contributed by atoms with Crippen LogP contribution in [0.25, 0.3) is 0 Å². The number of rotatable bonds is 6. The summed E-state index contributed by atoms with van der Waals surface area (Å²) in [7, 11) is -3.52. The number of carbonyl (C=O) groups is 1. The Kier molecular flexibility index (Phi) is 6.68. The van der Waals surface area contributed by atoms with Crippen molar-refractivity contribution in [3.05, 3.63) is 29.3 Å². The summed E-state index contributed by atoms with van der Waals surface area (Å²) in [5.41, 5.74) is 1.77. The maximum Gasteiger partial charge on any atom is 0.243 e. The summed E-state index contributed by atoms with van der Waals surface area (Å²) in [6, 6.07) is 5.33. The Morgan fingerprint density at radius 1 is 1.21 bits per heavy atom. The third-order valence-corrected chi connectivity index (χ3v) is 6.98. The highest BCUT2D eigenvalue weighted by atomic mass is 32.2. The van der Waals surface area contributed by atoms with E-state index in [1.165, 1.54) is 16.1 Å². The predicted octanol–water partition coefficient (Wildman–Crippen LogP) is 0.862. The van der Waals surface area contributed by atoms with Crippen molar-refractivity contribution in [2.24, 2.45) is 0 Å². The normalized spacial score (nSPS) is 16.4. The minimum atomic E-state index is -3.52. The van der Waals surface area contributed by atoms with Gasteiger partial charge in [-0.25, -0.2) is 8.42 Å². The highest BCUT2D eigenvalue weighted by molar-refractivity contribution is 7.99. The Hall–Kier alpha value is -1.09. The number of sulfonamides is 1. The minimum Gasteiger partial charge on any atom is -0.396 e. The first-order valence-corrected chi connectivity index (χ1v) is 10.5. The second-order valence-electron chi connectivity index (χ2n) is 5.83. The lowest BCUT2D eigenvalue weighted by Gasteiger charge is -2.34. The van der Waals surface area contributed by atoms with Crippen LogP contribution in [0.4, 0.5) is 0 Å². The van der Waals surface area contributed by atoms with E-state index in [9.17, 15) is 13.2 Å². The standard InChI is InChI=1S/C16H24N2O4S2/c1-13-3-4-15(14(2)11-13)24(21,22)18-7-5-17(6-8-18)16(20)12-23-10-9-19/h3-4,11,19H,5-10,12H2,1-2H3. The van der Waals surface area contributed by atoms with Crippen molar-refractivity contribution in [2.75, 3.05) is 44.3 Å². The van der Waals surface area contributed by atoms with E-state index in [0.717, 1.165) is 11.1 Å². The lowest BCUT2D eigenvalue weighted by Crippen LogP contribution is -2.51. The summed E-state index contributed by atoms with van der Waals surface area (Å²) in [5.74, 6) is 0.856. The van der Waals surface area contributed by atoms with Crippen LogP contribution in [0.1, 0.15) is 11.1 Å². The molecule has 8 heteroatoms. The van der Waals surface area contributed by atoms with Gasteiger partial charge in [-0.1, -0.05) is 17.7 Å². The molecule has 0 unspecified atom stereocenters. The molecule has 1 aliphatic rings. The molecule has 0 radical (unpaired) electrons. The van der Waals surface area contributed by atoms with Crippen LogP contribution in [-0.2, 0) is 14.8 Å². The molecule has 0 atom stereocenters. The van der Waals surface area contributed by atoms with E-state index >= 15 is 0 Å². The van der Waals surface area contributed by atoms with Gasteiger partial charge in [0.1, 0.15) is 0 Å². The third-order valence-electron chi connectivity index (χ3n) is 4.00. The number of amides is 1. The number of hydrogen-bond acceptors (Lipinski definition) is 5. The zero-order valence-electron chi connectivity index (χ0n) is 14.1. The van der Waals surface area contributed by atoms with E-state index < -0.39 is 10.0 Å². The highest BCUT2D eigenvalue weighted by Gasteiger charge is 2.30. The van der Waals surface area contributed by atoms with Gasteiger partial charge in [-0.2, -0.15) is 4.31 Å². The van der Waals surface area contributed by atoms with Gasteiger partial charge in [0.25, 0.3) is 0 Å². The minimum absolute atomic E-state index is 0.00276. The molecule has 0 aliphatic carbocycles. The van der Waals surface area contributed by atoms with E-state index in [2.05, 4.69) is 0 Å². The zero-order valence-corrected chi connectivity index (χ0v) is 15.7. The number of hydrogen-bond donors (Lipinski definition) is 1. The third kappa shape index (κ3) is 4.50. The average molecular weight is 373 g/mol. The fourth-order valence-electron chi connectivity index (χ4n) is 2.72. The van der Waals surface area contributed by atoms with E-state index in [1.54, 1.807) is 24.0 Å². The first-order valence-electron chi connectivity index (χ1n) is 7.90. The van der Waals surface area contributed by atoms with Crippen molar-refractivity contribution in [3.8, 4) is 0 Å². The van der Waals surface area contributed by atoms with E-state index in [4.69, 9.17) is 5.11 Å². The molecular weight excluding hydrogens is 348 g/mol. The maximum absolute atomic E-state index is 12.8. The molecule has 1 saturated heterocycles. The summed E-state index contributed by atoms with van der Waals surface area (Å²) in [6.07, 6.45) is 0. The molecule has 24 heavy (non-hydrogen) atoms. The van der Waals surface area contributed by atoms with E-state index in [0.29, 0.717) is 42.6 Å². The van der Waals surface area contributed by atoms with Crippen LogP contribution < -0.4 is 0 Å². The van der Waals surface area contributed by atoms with Gasteiger partial charge in [0.05, 0.1) is 17.3 Å². The Morgan fingerprint density at radius 3 is 2.46 bits per heavy atom. The fraction of sp³-hybridized carbons (Fsp3) is 0.562. The number of carbonyl (C=O) groups excluding carboxylic acids is 1. The lowest BCUT2D eigenvalue weighted by molar-refractivity contribution is -0.129. The number of aliphatic hydroxyl groups excluding tert-OH is 1. The van der Waals surface area contributed by atoms with Crippen LogP contribution in [0.3, 0.4) is 0 Å². The van der Waals surface area contributed by atoms with Crippen LogP contribution in [0.15, 0.2) is 23.1 Å². The summed E-state index contributed by atoms with van der Waals surface area (Å²) < 4.78 is 27.0. The van der Waals surface area contributed by atoms with Crippen molar-refractivity contribution in [1.29, 1.82) is 0 Å². The molecule has 1 aromatic carbocycles. The van der Waals surface area contributed by atoms with Gasteiger partial charge in [-0.15, -0.1) is 11.8 Å². The molecule has 2 rings (SSSR count). The molecule has 0 spiro atoms. The monoisotopic (exact) mass is 372 g/mol. The van der Waals surface area contributed by atoms with Crippen LogP contribution in [0, 0.1) is 13.8 Å². The van der Waals surface area contributed by atoms with Gasteiger partial charge in [0, 0.05) is 31.9 Å². The van der Waals surface area contributed by atoms with Crippen molar-refractivity contribution in [3.63, 3.8) is 0 Å². The molecule has 1 fully saturated rings. The zero-order chi connectivity index (χ0) is 17.7. The van der Waals surface area contributed by atoms with Crippen LogP contribution >= 0.6 is 11.8 Å². The molecule has 6 nitrogen and oxygen atoms in total. The van der Waals surface area contributed by atoms with Gasteiger partial charge in [-0.05, 0) is 25.5 Å². The van der Waals surface area contributed by atoms with Crippen LogP contribution in [0.2, 0.25) is 0 Å². The summed E-state index contributed by atoms with van der Waals surface area (Å²) >= 11 is 1.39. The molecule has 1 amide bonds. The Morgan fingerprint density at radius 2 is 1.88 bits per heavy atom. The number of piperazine rings is 1. The van der Waals surface area contributed by atoms with Gasteiger partial charge in [0.15, 0.2) is 0 Å². The number of aryl methyl sites for hydroxylation is 2. The summed E-state index contributed by atoms with van der Waals surface area (Å²) in [6.45, 7) is 5.23. The second-order valence-corrected chi connectivity index (χ2v) is 8.84. The molecule has 1 aliphatic heterocycles. The van der Waals surface area contributed by atoms with Crippen molar-refractivity contribution >= 4 is 27.7 Å². The van der Waals surface area contributed by atoms with Gasteiger partial charge >= 0.3 is 0 Å². The molecule has 0 bridgehead atoms. The first kappa shape index (κ1) is 19.2. The molecular formula is C16H24N2O4S2. The predicted molar refractivity (Wildman–Crippen MR) is 95.7 cm³/mol. The molecule has 1 heterocycles. The topological polar surface area (TPSA) is 77.9 Å². The highest BCUT2D eigenvalue weighted by Crippen LogP contribution is 2.22. The Bertz CT molecular complexity index is 683. The SMILES string of the molecule is Cc1ccc(S(=O)(=O)N2CCN(C(=O)CSCCO)CC2)c(C)c1. The summed E-state index contributed by atoms with van der Waals surface area (Å²) in [5, 5.41) is 8.74. The number of benzene rings is 1. The first-order chi connectivity index (χ1) is 11.4. The smallest absolute Gasteiger partial charge is 0.243 e. The Labute approximate surface area is 147 Å². The van der Waals surface area contributed by atoms with Gasteiger partial charge in [-0.3, -0.25) is 4.79 Å². The van der Waals surface area contributed by atoms with E-state index in [-0.39, 0.29) is 12.5 Å². The molecule has 1 aromatic rings. The van der Waals surface area contributed by atoms with Crippen LogP contribution in [0.5, 0.6) is 0 Å². The fourth-order valence-corrected chi connectivity index (χ4v) is 4.98. The largest absolute Gasteiger partial charge is 0.396 e. The lowest BCUT2D eigenvalue weighted by atomic mass is 10.2. The summed E-state index contributed by atoms with van der Waals surface area (Å²) in [4.78, 5) is 14.1. The second kappa shape index (κ2) is 8.33. The average Bonchev–Trinajstić information content (AvgIpc) is 2.54. The van der Waals surface area contributed by atoms with Crippen molar-refractivity contribution < 1.29 is 18.3 Å². The quantitative estimate of drug-likeness (QED) is 0.750. The van der Waals surface area contributed by atoms with Crippen LogP contribution in [-0.4, -0.2) is 72.9 Å². The molecule has 134 valence electrons. The van der Waals surface area contributed by atoms with Crippen molar-refractivity contribution in [2.45, 2.75) is 18.7 Å². The van der Waals surface area contributed by atoms with Crippen molar-refractivity contribution in [1.82, 2.24) is 9.21 Å². The maximum atomic E-state index is 12.8. The van der Waals surface area contributed by atoms with Gasteiger partial charge < -0.3 is 10.0 Å². The number of nitrogens with zero attached hydrogens (tertiary/aromatic N) is 2. The van der Waals surface area contributed by atoms with E-state index in [1.807, 2.05) is 13.0 Å². The number of thioether (sulfide) groups is 1. The Balaban J connectivity index is 1.99.